The van der Waals surface area contributed by atoms with Gasteiger partial charge in [0.2, 0.25) is 15.9 Å². The molecule has 1 heterocycles. The van der Waals surface area contributed by atoms with Crippen LogP contribution in [0.1, 0.15) is 12.5 Å². The molecule has 0 atom stereocenters. The standard InChI is InChI=1S/C22H29N3O5S.C2HF3O2/c1-3-30-19-7-9-21(10-8-19)31(27,28)25(16-18-5-4-6-20(15-18)29-2)17-22(26)24-13-11-23-12-14-24;3-2(4,5)1(6)7/h4-10,15,23H,3,11-14,16-17H2,1-2H3;(H,6,7). The first-order chi connectivity index (χ1) is 17.9. The molecule has 1 aliphatic rings. The number of nitrogens with zero attached hydrogens (tertiary/aromatic N) is 2. The molecule has 10 nitrogen and oxygen atoms in total. The highest BCUT2D eigenvalue weighted by Gasteiger charge is 2.38. The Morgan fingerprint density at radius 2 is 1.68 bits per heavy atom. The molecule has 2 aromatic carbocycles. The molecule has 14 heteroatoms. The Hall–Kier alpha value is -3.36. The van der Waals surface area contributed by atoms with Gasteiger partial charge in [-0.15, -0.1) is 0 Å². The zero-order valence-corrected chi connectivity index (χ0v) is 21.7. The van der Waals surface area contributed by atoms with Crippen molar-refractivity contribution in [1.82, 2.24) is 14.5 Å². The second kappa shape index (κ2) is 14.0. The van der Waals surface area contributed by atoms with Crippen LogP contribution >= 0.6 is 0 Å². The fraction of sp³-hybridized carbons (Fsp3) is 0.417. The summed E-state index contributed by atoms with van der Waals surface area (Å²) in [7, 11) is -2.35. The third kappa shape index (κ3) is 9.19. The van der Waals surface area contributed by atoms with Crippen molar-refractivity contribution in [3.05, 3.63) is 54.1 Å². The first-order valence-corrected chi connectivity index (χ1v) is 13.0. The van der Waals surface area contributed by atoms with E-state index in [2.05, 4.69) is 5.32 Å². The van der Waals surface area contributed by atoms with Crippen LogP contribution in [-0.4, -0.2) is 87.2 Å². The van der Waals surface area contributed by atoms with Crippen molar-refractivity contribution >= 4 is 21.9 Å². The average Bonchev–Trinajstić information content (AvgIpc) is 2.89. The summed E-state index contributed by atoms with van der Waals surface area (Å²) in [6, 6.07) is 13.4. The second-order valence-electron chi connectivity index (χ2n) is 7.96. The van der Waals surface area contributed by atoms with Gasteiger partial charge in [-0.1, -0.05) is 12.1 Å². The number of ether oxygens (including phenoxy) is 2. The van der Waals surface area contributed by atoms with Gasteiger partial charge in [-0.25, -0.2) is 13.2 Å². The number of aliphatic carboxylic acids is 1. The van der Waals surface area contributed by atoms with E-state index in [0.29, 0.717) is 44.3 Å². The molecule has 1 amide bonds. The minimum absolute atomic E-state index is 0.0601. The van der Waals surface area contributed by atoms with Crippen molar-refractivity contribution in [2.75, 3.05) is 46.4 Å². The van der Waals surface area contributed by atoms with Gasteiger partial charge in [0.05, 0.1) is 25.2 Å². The summed E-state index contributed by atoms with van der Waals surface area (Å²) in [5.41, 5.74) is 0.738. The highest BCUT2D eigenvalue weighted by molar-refractivity contribution is 7.89. The monoisotopic (exact) mass is 561 g/mol. The van der Waals surface area contributed by atoms with Crippen LogP contribution in [0.15, 0.2) is 53.4 Å². The van der Waals surface area contributed by atoms with E-state index in [9.17, 15) is 26.4 Å². The number of rotatable bonds is 9. The molecule has 38 heavy (non-hydrogen) atoms. The zero-order chi connectivity index (χ0) is 28.3. The summed E-state index contributed by atoms with van der Waals surface area (Å²) < 4.78 is 70.5. The number of carboxylic acids is 1. The molecule has 1 fully saturated rings. The predicted octanol–water partition coefficient (Wildman–Crippen LogP) is 2.35. The zero-order valence-electron chi connectivity index (χ0n) is 20.9. The summed E-state index contributed by atoms with van der Waals surface area (Å²) in [6.07, 6.45) is -5.08. The van der Waals surface area contributed by atoms with Crippen LogP contribution in [0.2, 0.25) is 0 Å². The Morgan fingerprint density at radius 3 is 2.21 bits per heavy atom. The molecule has 0 bridgehead atoms. The second-order valence-corrected chi connectivity index (χ2v) is 9.90. The summed E-state index contributed by atoms with van der Waals surface area (Å²) in [5.74, 6) is -1.74. The fourth-order valence-electron chi connectivity index (χ4n) is 3.39. The Labute approximate surface area is 219 Å². The van der Waals surface area contributed by atoms with Gasteiger partial charge in [-0.2, -0.15) is 17.5 Å². The van der Waals surface area contributed by atoms with Crippen LogP contribution in [0, 0.1) is 0 Å². The lowest BCUT2D eigenvalue weighted by Gasteiger charge is -2.30. The summed E-state index contributed by atoms with van der Waals surface area (Å²) in [4.78, 5) is 23.6. The van der Waals surface area contributed by atoms with Gasteiger partial charge in [-0.05, 0) is 48.9 Å². The summed E-state index contributed by atoms with van der Waals surface area (Å²) >= 11 is 0. The highest BCUT2D eigenvalue weighted by Crippen LogP contribution is 2.23. The van der Waals surface area contributed by atoms with Crippen LogP contribution in [0.4, 0.5) is 13.2 Å². The molecular weight excluding hydrogens is 531 g/mol. The summed E-state index contributed by atoms with van der Waals surface area (Å²) in [6.45, 7) is 4.72. The molecule has 1 saturated heterocycles. The molecule has 0 unspecified atom stereocenters. The van der Waals surface area contributed by atoms with E-state index in [0.717, 1.165) is 5.56 Å². The number of sulfonamides is 1. The largest absolute Gasteiger partial charge is 0.497 e. The predicted molar refractivity (Wildman–Crippen MR) is 131 cm³/mol. The maximum absolute atomic E-state index is 13.4. The highest BCUT2D eigenvalue weighted by atomic mass is 32.2. The van der Waals surface area contributed by atoms with E-state index in [1.165, 1.54) is 16.4 Å². The first kappa shape index (κ1) is 30.9. The fourth-order valence-corrected chi connectivity index (χ4v) is 4.77. The maximum Gasteiger partial charge on any atom is 0.490 e. The lowest BCUT2D eigenvalue weighted by molar-refractivity contribution is -0.192. The minimum Gasteiger partial charge on any atom is -0.497 e. The Morgan fingerprint density at radius 1 is 1.08 bits per heavy atom. The Kier molecular flexibility index (Phi) is 11.4. The average molecular weight is 562 g/mol. The van der Waals surface area contributed by atoms with Gasteiger partial charge in [0.1, 0.15) is 11.5 Å². The number of halogens is 3. The van der Waals surface area contributed by atoms with Crippen molar-refractivity contribution in [2.24, 2.45) is 0 Å². The number of hydrogen-bond donors (Lipinski definition) is 2. The minimum atomic E-state index is -5.08. The molecule has 2 aromatic rings. The van der Waals surface area contributed by atoms with Crippen LogP contribution in [0.5, 0.6) is 11.5 Å². The number of piperazine rings is 1. The Bertz CT molecular complexity index is 1170. The van der Waals surface area contributed by atoms with Crippen LogP contribution in [-0.2, 0) is 26.2 Å². The number of alkyl halides is 3. The number of benzene rings is 2. The molecule has 0 aromatic heterocycles. The lowest BCUT2D eigenvalue weighted by atomic mass is 10.2. The molecule has 0 radical (unpaired) electrons. The van der Waals surface area contributed by atoms with E-state index in [1.54, 1.807) is 42.3 Å². The molecule has 210 valence electrons. The van der Waals surface area contributed by atoms with E-state index in [1.807, 2.05) is 13.0 Å². The van der Waals surface area contributed by atoms with Crippen LogP contribution < -0.4 is 14.8 Å². The number of carboxylic acid groups (broad SMARTS) is 1. The van der Waals surface area contributed by atoms with E-state index in [4.69, 9.17) is 19.4 Å². The van der Waals surface area contributed by atoms with Crippen LogP contribution in [0.25, 0.3) is 0 Å². The number of hydrogen-bond acceptors (Lipinski definition) is 7. The normalized spacial score (nSPS) is 13.9. The smallest absolute Gasteiger partial charge is 0.490 e. The van der Waals surface area contributed by atoms with Gasteiger partial charge < -0.3 is 24.8 Å². The van der Waals surface area contributed by atoms with Crippen molar-refractivity contribution < 1.29 is 45.8 Å². The number of carbonyl (C=O) groups is 2. The molecular formula is C24H30F3N3O7S. The van der Waals surface area contributed by atoms with E-state index < -0.39 is 22.2 Å². The molecule has 3 rings (SSSR count). The van der Waals surface area contributed by atoms with Crippen molar-refractivity contribution in [1.29, 1.82) is 0 Å². The van der Waals surface area contributed by atoms with Crippen LogP contribution in [0.3, 0.4) is 0 Å². The topological polar surface area (TPSA) is 125 Å². The number of amides is 1. The lowest BCUT2D eigenvalue weighted by Crippen LogP contribution is -2.50. The van der Waals surface area contributed by atoms with Crippen molar-refractivity contribution in [3.8, 4) is 11.5 Å². The Balaban J connectivity index is 0.000000638. The van der Waals surface area contributed by atoms with E-state index in [-0.39, 0.29) is 23.9 Å². The van der Waals surface area contributed by atoms with Gasteiger partial charge >= 0.3 is 12.1 Å². The maximum atomic E-state index is 13.4. The quantitative estimate of drug-likeness (QED) is 0.478. The number of nitrogens with one attached hydrogen (secondary N) is 1. The number of methoxy groups -OCH3 is 1. The van der Waals surface area contributed by atoms with Gasteiger partial charge in [-0.3, -0.25) is 4.79 Å². The SMILES string of the molecule is CCOc1ccc(S(=O)(=O)N(CC(=O)N2CCNCC2)Cc2cccc(OC)c2)cc1.O=C(O)C(F)(F)F. The summed E-state index contributed by atoms with van der Waals surface area (Å²) in [5, 5.41) is 10.3. The van der Waals surface area contributed by atoms with Gasteiger partial charge in [0.15, 0.2) is 0 Å². The molecule has 0 aliphatic carbocycles. The first-order valence-electron chi connectivity index (χ1n) is 11.5. The van der Waals surface area contributed by atoms with Gasteiger partial charge in [0.25, 0.3) is 0 Å². The van der Waals surface area contributed by atoms with Crippen molar-refractivity contribution in [3.63, 3.8) is 0 Å². The number of carbonyl (C=O) groups excluding carboxylic acids is 1. The van der Waals surface area contributed by atoms with E-state index >= 15 is 0 Å². The third-order valence-corrected chi connectivity index (χ3v) is 7.10. The molecule has 1 aliphatic heterocycles. The third-order valence-electron chi connectivity index (χ3n) is 5.29. The van der Waals surface area contributed by atoms with Gasteiger partial charge in [0, 0.05) is 32.7 Å². The molecule has 0 spiro atoms. The van der Waals surface area contributed by atoms with Crippen molar-refractivity contribution in [2.45, 2.75) is 24.5 Å². The molecule has 2 N–H and O–H groups in total. The molecule has 0 saturated carbocycles.